The molecule has 1 aromatic rings. The highest BCUT2D eigenvalue weighted by Crippen LogP contribution is 2.22. The van der Waals surface area contributed by atoms with Crippen molar-refractivity contribution in [3.63, 3.8) is 0 Å². The van der Waals surface area contributed by atoms with Crippen molar-refractivity contribution in [1.29, 1.82) is 0 Å². The van der Waals surface area contributed by atoms with Gasteiger partial charge in [0.1, 0.15) is 11.9 Å². The van der Waals surface area contributed by atoms with Crippen molar-refractivity contribution in [2.45, 2.75) is 58.6 Å². The van der Waals surface area contributed by atoms with E-state index in [2.05, 4.69) is 4.99 Å². The van der Waals surface area contributed by atoms with Gasteiger partial charge in [-0.1, -0.05) is 0 Å². The standard InChI is InChI=1S/C16H25N3O4/c1-11-14(17-12(2)23-13-7-4-5-8-13)18(3)16(22)19(15(11)21)9-6-10-20/h13,20H,4-10H2,1-3H3. The van der Waals surface area contributed by atoms with E-state index in [1.54, 1.807) is 20.9 Å². The predicted molar refractivity (Wildman–Crippen MR) is 88.5 cm³/mol. The maximum Gasteiger partial charge on any atom is 0.332 e. The lowest BCUT2D eigenvalue weighted by atomic mass is 10.3. The molecule has 2 rings (SSSR count). The first kappa shape index (κ1) is 17.5. The molecule has 7 heteroatoms. The molecule has 1 heterocycles. The van der Waals surface area contributed by atoms with E-state index in [0.29, 0.717) is 23.7 Å². The molecule has 0 amide bonds. The van der Waals surface area contributed by atoms with E-state index < -0.39 is 5.69 Å². The van der Waals surface area contributed by atoms with Crippen molar-refractivity contribution in [1.82, 2.24) is 9.13 Å². The lowest BCUT2D eigenvalue weighted by Gasteiger charge is -2.15. The molecule has 0 aromatic carbocycles. The Morgan fingerprint density at radius 2 is 2.00 bits per heavy atom. The fourth-order valence-corrected chi connectivity index (χ4v) is 2.92. The molecule has 0 bridgehead atoms. The van der Waals surface area contributed by atoms with Gasteiger partial charge in [-0.25, -0.2) is 4.79 Å². The lowest BCUT2D eigenvalue weighted by Crippen LogP contribution is -2.40. The summed E-state index contributed by atoms with van der Waals surface area (Å²) in [6.07, 6.45) is 4.91. The molecule has 0 unspecified atom stereocenters. The minimum absolute atomic E-state index is 0.0666. The van der Waals surface area contributed by atoms with Gasteiger partial charge in [0.05, 0.1) is 5.56 Å². The minimum Gasteiger partial charge on any atom is -0.478 e. The summed E-state index contributed by atoms with van der Waals surface area (Å²) in [6.45, 7) is 3.53. The van der Waals surface area contributed by atoms with Gasteiger partial charge < -0.3 is 9.84 Å². The fraction of sp³-hybridized carbons (Fsp3) is 0.688. The Hall–Kier alpha value is -1.89. The highest BCUT2D eigenvalue weighted by atomic mass is 16.5. The normalized spacial score (nSPS) is 16.1. The largest absolute Gasteiger partial charge is 0.478 e. The molecule has 1 saturated carbocycles. The van der Waals surface area contributed by atoms with Crippen LogP contribution in [0.3, 0.4) is 0 Å². The molecule has 7 nitrogen and oxygen atoms in total. The number of rotatable bonds is 5. The maximum atomic E-state index is 12.4. The van der Waals surface area contributed by atoms with Gasteiger partial charge in [0.15, 0.2) is 5.90 Å². The van der Waals surface area contributed by atoms with Gasteiger partial charge in [-0.05, 0) is 39.0 Å². The number of aliphatic hydroxyl groups excluding tert-OH is 1. The first-order valence-corrected chi connectivity index (χ1v) is 8.09. The second kappa shape index (κ2) is 7.59. The molecule has 0 spiro atoms. The fourth-order valence-electron chi connectivity index (χ4n) is 2.92. The molecule has 128 valence electrons. The minimum atomic E-state index is -0.429. The summed E-state index contributed by atoms with van der Waals surface area (Å²) in [5.74, 6) is 0.804. The van der Waals surface area contributed by atoms with E-state index >= 15 is 0 Å². The van der Waals surface area contributed by atoms with E-state index in [0.717, 1.165) is 30.3 Å². The van der Waals surface area contributed by atoms with Crippen molar-refractivity contribution in [2.75, 3.05) is 6.61 Å². The summed E-state index contributed by atoms with van der Waals surface area (Å²) < 4.78 is 8.29. The second-order valence-corrected chi connectivity index (χ2v) is 5.98. The van der Waals surface area contributed by atoms with Crippen LogP contribution >= 0.6 is 0 Å². The van der Waals surface area contributed by atoms with E-state index in [9.17, 15) is 9.59 Å². The number of hydrogen-bond donors (Lipinski definition) is 1. The third-order valence-electron chi connectivity index (χ3n) is 4.18. The van der Waals surface area contributed by atoms with E-state index in [1.807, 2.05) is 0 Å². The molecule has 23 heavy (non-hydrogen) atoms. The molecule has 1 N–H and O–H groups in total. The molecule has 0 aliphatic heterocycles. The summed E-state index contributed by atoms with van der Waals surface area (Å²) in [6, 6.07) is 0. The Kier molecular flexibility index (Phi) is 5.76. The van der Waals surface area contributed by atoms with Crippen LogP contribution in [0.25, 0.3) is 0 Å². The first-order valence-electron chi connectivity index (χ1n) is 8.09. The van der Waals surface area contributed by atoms with Crippen LogP contribution in [-0.4, -0.2) is 32.8 Å². The van der Waals surface area contributed by atoms with Gasteiger partial charge in [0, 0.05) is 27.1 Å². The first-order chi connectivity index (χ1) is 11.0. The monoisotopic (exact) mass is 323 g/mol. The van der Waals surface area contributed by atoms with Crippen LogP contribution in [0, 0.1) is 6.92 Å². The van der Waals surface area contributed by atoms with Gasteiger partial charge in [0.25, 0.3) is 5.56 Å². The van der Waals surface area contributed by atoms with Crippen LogP contribution in [0.5, 0.6) is 0 Å². The van der Waals surface area contributed by atoms with Crippen LogP contribution < -0.4 is 11.2 Å². The summed E-state index contributed by atoms with van der Waals surface area (Å²) in [7, 11) is 1.59. The highest BCUT2D eigenvalue weighted by Gasteiger charge is 2.18. The highest BCUT2D eigenvalue weighted by molar-refractivity contribution is 5.76. The maximum absolute atomic E-state index is 12.4. The molecule has 0 atom stereocenters. The zero-order chi connectivity index (χ0) is 17.0. The van der Waals surface area contributed by atoms with Crippen LogP contribution in [0.4, 0.5) is 5.82 Å². The van der Waals surface area contributed by atoms with Gasteiger partial charge in [-0.3, -0.25) is 13.9 Å². The molecule has 0 radical (unpaired) electrons. The quantitative estimate of drug-likeness (QED) is 0.652. The summed E-state index contributed by atoms with van der Waals surface area (Å²) >= 11 is 0. The van der Waals surface area contributed by atoms with Crippen molar-refractivity contribution in [3.8, 4) is 0 Å². The van der Waals surface area contributed by atoms with E-state index in [-0.39, 0.29) is 24.8 Å². The van der Waals surface area contributed by atoms with Crippen molar-refractivity contribution in [2.24, 2.45) is 12.0 Å². The Morgan fingerprint density at radius 3 is 2.61 bits per heavy atom. The number of hydrogen-bond acceptors (Lipinski definition) is 5. The van der Waals surface area contributed by atoms with Crippen molar-refractivity contribution in [3.05, 3.63) is 26.4 Å². The number of ether oxygens (including phenoxy) is 1. The number of aromatic nitrogens is 2. The Bertz CT molecular complexity index is 659. The Labute approximate surface area is 135 Å². The number of aliphatic hydroxyl groups is 1. The van der Waals surface area contributed by atoms with E-state index in [1.165, 1.54) is 4.57 Å². The summed E-state index contributed by atoms with van der Waals surface area (Å²) in [5, 5.41) is 8.89. The average molecular weight is 323 g/mol. The Morgan fingerprint density at radius 1 is 1.35 bits per heavy atom. The molecule has 1 fully saturated rings. The SMILES string of the molecule is CC(=Nc1c(C)c(=O)n(CCCO)c(=O)n1C)OC1CCCC1. The molecule has 1 aromatic heterocycles. The molecule has 1 aliphatic carbocycles. The van der Waals surface area contributed by atoms with Crippen molar-refractivity contribution < 1.29 is 9.84 Å². The molecular weight excluding hydrogens is 298 g/mol. The molecular formula is C16H25N3O4. The average Bonchev–Trinajstić information content (AvgIpc) is 3.02. The lowest BCUT2D eigenvalue weighted by molar-refractivity contribution is 0.194. The third kappa shape index (κ3) is 3.90. The topological polar surface area (TPSA) is 85.8 Å². The van der Waals surface area contributed by atoms with Crippen LogP contribution in [0.15, 0.2) is 14.6 Å². The zero-order valence-corrected chi connectivity index (χ0v) is 14.0. The zero-order valence-electron chi connectivity index (χ0n) is 14.0. The van der Waals surface area contributed by atoms with Gasteiger partial charge in [-0.15, -0.1) is 0 Å². The summed E-state index contributed by atoms with van der Waals surface area (Å²) in [5.41, 5.74) is -0.394. The number of nitrogens with zero attached hydrogens (tertiary/aromatic N) is 3. The second-order valence-electron chi connectivity index (χ2n) is 5.98. The summed E-state index contributed by atoms with van der Waals surface area (Å²) in [4.78, 5) is 29.0. The van der Waals surface area contributed by atoms with E-state index in [4.69, 9.17) is 9.84 Å². The van der Waals surface area contributed by atoms with Gasteiger partial charge in [-0.2, -0.15) is 4.99 Å². The van der Waals surface area contributed by atoms with Crippen molar-refractivity contribution >= 4 is 11.7 Å². The third-order valence-corrected chi connectivity index (χ3v) is 4.18. The predicted octanol–water partition coefficient (Wildman–Crippen LogP) is 1.25. The smallest absolute Gasteiger partial charge is 0.332 e. The molecule has 1 aliphatic rings. The van der Waals surface area contributed by atoms with Crippen LogP contribution in [-0.2, 0) is 18.3 Å². The number of aliphatic imine (C=N–C) groups is 1. The molecule has 0 saturated heterocycles. The van der Waals surface area contributed by atoms with Crippen LogP contribution in [0.2, 0.25) is 0 Å². The van der Waals surface area contributed by atoms with Gasteiger partial charge in [0.2, 0.25) is 0 Å². The Balaban J connectivity index is 2.35. The van der Waals surface area contributed by atoms with Gasteiger partial charge >= 0.3 is 5.69 Å². The van der Waals surface area contributed by atoms with Crippen LogP contribution in [0.1, 0.15) is 44.6 Å².